The third-order valence-corrected chi connectivity index (χ3v) is 18.9. The van der Waals surface area contributed by atoms with Gasteiger partial charge in [-0.05, 0) is 0 Å². The van der Waals surface area contributed by atoms with E-state index in [1.165, 1.54) is 51.4 Å². The molecule has 1 aliphatic heterocycles. The summed E-state index contributed by atoms with van der Waals surface area (Å²) >= 11 is -3.95. The fourth-order valence-corrected chi connectivity index (χ4v) is 15.4. The first-order valence-electron chi connectivity index (χ1n) is 18.1. The van der Waals surface area contributed by atoms with Crippen LogP contribution in [0.15, 0.2) is 11.1 Å². The molecule has 0 saturated heterocycles. The maximum atomic E-state index is 14.1. The zero-order chi connectivity index (χ0) is 30.3. The molecule has 1 aliphatic rings. The maximum absolute atomic E-state index is 14.1. The van der Waals surface area contributed by atoms with E-state index in [1.807, 2.05) is 0 Å². The standard InChI is InChI=1S/C20H36O4.2C8H17.Sn/c1-5-9-11-15(7-3)13-17(19(21)22)18(20(23)24)14-16(8-4)12-10-6-2;2*1-3-5-7-8-6-4-2;/h15-16H,5-14H2,1-4H3,(H,21,22)(H,23,24);2*1,3-8H2,2H3;/q;;;+2/p-2. The second kappa shape index (κ2) is 23.9. The van der Waals surface area contributed by atoms with Crippen LogP contribution in [0.5, 0.6) is 0 Å². The van der Waals surface area contributed by atoms with Gasteiger partial charge < -0.3 is 0 Å². The second-order valence-corrected chi connectivity index (χ2v) is 22.1. The van der Waals surface area contributed by atoms with E-state index in [0.717, 1.165) is 85.9 Å². The van der Waals surface area contributed by atoms with Gasteiger partial charge in [-0.25, -0.2) is 0 Å². The Morgan fingerprint density at radius 3 is 1.17 bits per heavy atom. The van der Waals surface area contributed by atoms with Crippen LogP contribution >= 0.6 is 0 Å². The van der Waals surface area contributed by atoms with Crippen molar-refractivity contribution in [2.75, 3.05) is 0 Å². The molecule has 0 spiro atoms. The van der Waals surface area contributed by atoms with E-state index in [2.05, 4.69) is 41.5 Å². The summed E-state index contributed by atoms with van der Waals surface area (Å²) in [6.07, 6.45) is 24.5. The van der Waals surface area contributed by atoms with Gasteiger partial charge in [0.25, 0.3) is 0 Å². The summed E-state index contributed by atoms with van der Waals surface area (Å²) < 4.78 is 14.8. The number of unbranched alkanes of at least 4 members (excludes halogenated alkanes) is 12. The van der Waals surface area contributed by atoms with E-state index in [9.17, 15) is 9.59 Å². The van der Waals surface area contributed by atoms with E-state index in [1.54, 1.807) is 0 Å². The molecular formula is C36H68O4Sn. The van der Waals surface area contributed by atoms with Gasteiger partial charge in [0.05, 0.1) is 0 Å². The topological polar surface area (TPSA) is 52.6 Å². The van der Waals surface area contributed by atoms with Crippen molar-refractivity contribution in [1.29, 1.82) is 0 Å². The third-order valence-electron chi connectivity index (χ3n) is 9.31. The van der Waals surface area contributed by atoms with Crippen molar-refractivity contribution >= 4 is 31.1 Å². The minimum absolute atomic E-state index is 0.182. The van der Waals surface area contributed by atoms with Crippen LogP contribution in [0.2, 0.25) is 8.87 Å². The quantitative estimate of drug-likeness (QED) is 0.0673. The Balaban J connectivity index is 3.25. The van der Waals surface area contributed by atoms with Crippen LogP contribution in [0, 0.1) is 11.8 Å². The Kier molecular flexibility index (Phi) is 22.4. The zero-order valence-corrected chi connectivity index (χ0v) is 31.1. The fourth-order valence-electron chi connectivity index (χ4n) is 6.28. The average Bonchev–Trinajstić information content (AvgIpc) is 3.06. The first-order chi connectivity index (χ1) is 19.9. The summed E-state index contributed by atoms with van der Waals surface area (Å²) in [5, 5.41) is 0. The Bertz CT molecular complexity index is 671. The van der Waals surface area contributed by atoms with Gasteiger partial charge in [0.2, 0.25) is 0 Å². The van der Waals surface area contributed by atoms with Crippen molar-refractivity contribution in [2.24, 2.45) is 11.8 Å². The molecule has 0 aliphatic carbocycles. The average molecular weight is 684 g/mol. The van der Waals surface area contributed by atoms with Gasteiger partial charge in [0.1, 0.15) is 0 Å². The second-order valence-electron chi connectivity index (χ2n) is 12.9. The molecular weight excluding hydrogens is 615 g/mol. The molecule has 0 aromatic rings. The van der Waals surface area contributed by atoms with Crippen LogP contribution < -0.4 is 0 Å². The van der Waals surface area contributed by atoms with Gasteiger partial charge in [-0.3, -0.25) is 0 Å². The zero-order valence-electron chi connectivity index (χ0n) is 28.3. The van der Waals surface area contributed by atoms with Crippen LogP contribution in [0.25, 0.3) is 0 Å². The SMILES string of the molecule is CCCCCCC[CH2][Sn]1([CH2]CCCCCCC)[O]C(=O)C(CC(CC)CCCC)=C(CC(CC)CCCC)C(=O)[O]1. The van der Waals surface area contributed by atoms with Crippen molar-refractivity contribution in [2.45, 2.75) is 192 Å². The van der Waals surface area contributed by atoms with E-state index >= 15 is 0 Å². The molecule has 0 saturated carbocycles. The molecule has 2 atom stereocenters. The molecule has 0 amide bonds. The van der Waals surface area contributed by atoms with E-state index in [0.29, 0.717) is 35.8 Å². The van der Waals surface area contributed by atoms with Gasteiger partial charge >= 0.3 is 262 Å². The number of carbonyl (C=O) groups excluding carboxylic acids is 2. The number of carbonyl (C=O) groups is 2. The van der Waals surface area contributed by atoms with Crippen molar-refractivity contribution in [3.05, 3.63) is 11.1 Å². The summed E-state index contributed by atoms with van der Waals surface area (Å²) in [4.78, 5) is 28.2. The van der Waals surface area contributed by atoms with E-state index in [-0.39, 0.29) is 11.9 Å². The predicted octanol–water partition coefficient (Wildman–Crippen LogP) is 11.8. The molecule has 0 N–H and O–H groups in total. The van der Waals surface area contributed by atoms with Gasteiger partial charge in [-0.15, -0.1) is 0 Å². The monoisotopic (exact) mass is 684 g/mol. The summed E-state index contributed by atoms with van der Waals surface area (Å²) in [7, 11) is 0. The molecule has 0 aromatic heterocycles. The molecule has 0 radical (unpaired) electrons. The Labute approximate surface area is 260 Å². The van der Waals surface area contributed by atoms with Crippen LogP contribution in [-0.4, -0.2) is 31.1 Å². The Hall–Kier alpha value is -0.521. The van der Waals surface area contributed by atoms with E-state index < -0.39 is 19.2 Å². The van der Waals surface area contributed by atoms with Gasteiger partial charge in [0, 0.05) is 0 Å². The predicted molar refractivity (Wildman–Crippen MR) is 177 cm³/mol. The van der Waals surface area contributed by atoms with Gasteiger partial charge in [-0.1, -0.05) is 0 Å². The number of hydrogen-bond acceptors (Lipinski definition) is 4. The summed E-state index contributed by atoms with van der Waals surface area (Å²) in [5.74, 6) is 0.463. The van der Waals surface area contributed by atoms with E-state index in [4.69, 9.17) is 6.15 Å². The molecule has 1 heterocycles. The summed E-state index contributed by atoms with van der Waals surface area (Å²) in [6.45, 7) is 13.4. The normalized spacial score (nSPS) is 16.8. The van der Waals surface area contributed by atoms with Crippen molar-refractivity contribution in [1.82, 2.24) is 0 Å². The third kappa shape index (κ3) is 15.7. The summed E-state index contributed by atoms with van der Waals surface area (Å²) in [5.41, 5.74) is 1.36. The number of rotatable bonds is 26. The molecule has 1 rings (SSSR count). The molecule has 0 aromatic carbocycles. The minimum atomic E-state index is -3.95. The van der Waals surface area contributed by atoms with Crippen molar-refractivity contribution < 1.29 is 15.7 Å². The Morgan fingerprint density at radius 1 is 0.488 bits per heavy atom. The first kappa shape index (κ1) is 38.5. The van der Waals surface area contributed by atoms with Crippen LogP contribution in [0.3, 0.4) is 0 Å². The molecule has 240 valence electrons. The molecule has 5 heteroatoms. The molecule has 4 nitrogen and oxygen atoms in total. The van der Waals surface area contributed by atoms with Crippen LogP contribution in [0.4, 0.5) is 0 Å². The van der Waals surface area contributed by atoms with Crippen molar-refractivity contribution in [3.8, 4) is 0 Å². The van der Waals surface area contributed by atoms with Crippen molar-refractivity contribution in [3.63, 3.8) is 0 Å². The van der Waals surface area contributed by atoms with Gasteiger partial charge in [-0.2, -0.15) is 0 Å². The molecule has 41 heavy (non-hydrogen) atoms. The molecule has 0 bridgehead atoms. The fraction of sp³-hybridized carbons (Fsp3) is 0.889. The van der Waals surface area contributed by atoms with Crippen LogP contribution in [-0.2, 0) is 15.7 Å². The molecule has 0 fully saturated rings. The first-order valence-corrected chi connectivity index (χ1v) is 24.4. The molecule has 2 unspecified atom stereocenters. The Morgan fingerprint density at radius 2 is 0.829 bits per heavy atom. The number of hydrogen-bond donors (Lipinski definition) is 0. The van der Waals surface area contributed by atoms with Gasteiger partial charge in [0.15, 0.2) is 0 Å². The van der Waals surface area contributed by atoms with Crippen LogP contribution in [0.1, 0.15) is 183 Å². The summed E-state index contributed by atoms with van der Waals surface area (Å²) in [6, 6.07) is 0.